The molecule has 7 nitrogen and oxygen atoms in total. The van der Waals surface area contributed by atoms with Crippen molar-refractivity contribution in [1.82, 2.24) is 9.62 Å². The van der Waals surface area contributed by atoms with Crippen molar-refractivity contribution in [1.29, 1.82) is 0 Å². The molecular formula is C21H27ClN2O5S. The molecule has 0 saturated heterocycles. The van der Waals surface area contributed by atoms with E-state index in [9.17, 15) is 13.2 Å². The molecule has 2 aromatic rings. The lowest BCUT2D eigenvalue weighted by molar-refractivity contribution is 0.0600. The van der Waals surface area contributed by atoms with Crippen LogP contribution in [-0.2, 0) is 21.3 Å². The maximum atomic E-state index is 12.8. The van der Waals surface area contributed by atoms with Crippen LogP contribution in [0.15, 0.2) is 47.4 Å². The highest BCUT2D eigenvalue weighted by Crippen LogP contribution is 2.24. The van der Waals surface area contributed by atoms with Gasteiger partial charge in [0.1, 0.15) is 17.3 Å². The fourth-order valence-electron chi connectivity index (χ4n) is 2.82. The number of ether oxygens (including phenoxy) is 2. The number of sulfonamides is 1. The third kappa shape index (κ3) is 6.43. The maximum Gasteiger partial charge on any atom is 0.337 e. The topological polar surface area (TPSA) is 84.9 Å². The summed E-state index contributed by atoms with van der Waals surface area (Å²) in [5, 5.41) is 0.0129. The Labute approximate surface area is 183 Å². The molecule has 0 saturated carbocycles. The van der Waals surface area contributed by atoms with Crippen molar-refractivity contribution in [2.75, 3.05) is 33.4 Å². The minimum atomic E-state index is -3.97. The molecule has 0 fully saturated rings. The summed E-state index contributed by atoms with van der Waals surface area (Å²) in [6, 6.07) is 11.2. The van der Waals surface area contributed by atoms with Gasteiger partial charge in [0.05, 0.1) is 17.7 Å². The first-order valence-corrected chi connectivity index (χ1v) is 11.5. The molecule has 0 unspecified atom stereocenters. The fourth-order valence-corrected chi connectivity index (χ4v) is 4.35. The van der Waals surface area contributed by atoms with Gasteiger partial charge in [-0.05, 0) is 37.4 Å². The number of hydrogen-bond acceptors (Lipinski definition) is 6. The normalized spacial score (nSPS) is 11.5. The van der Waals surface area contributed by atoms with Crippen molar-refractivity contribution in [3.63, 3.8) is 0 Å². The average molecular weight is 455 g/mol. The Balaban J connectivity index is 2.12. The minimum Gasteiger partial charge on any atom is -0.492 e. The molecule has 0 aliphatic rings. The summed E-state index contributed by atoms with van der Waals surface area (Å²) >= 11 is 6.07. The number of esters is 1. The molecule has 1 N–H and O–H groups in total. The number of carbonyl (C=O) groups is 1. The van der Waals surface area contributed by atoms with Gasteiger partial charge in [0, 0.05) is 18.7 Å². The lowest BCUT2D eigenvalue weighted by Crippen LogP contribution is -2.28. The molecule has 2 rings (SSSR count). The van der Waals surface area contributed by atoms with E-state index in [4.69, 9.17) is 16.3 Å². The van der Waals surface area contributed by atoms with Crippen LogP contribution in [0.3, 0.4) is 0 Å². The third-order valence-electron chi connectivity index (χ3n) is 4.63. The van der Waals surface area contributed by atoms with Crippen LogP contribution in [0.25, 0.3) is 0 Å². The van der Waals surface area contributed by atoms with Gasteiger partial charge in [0.25, 0.3) is 0 Å². The van der Waals surface area contributed by atoms with Crippen molar-refractivity contribution in [3.05, 3.63) is 58.6 Å². The van der Waals surface area contributed by atoms with Crippen LogP contribution >= 0.6 is 11.6 Å². The highest BCUT2D eigenvalue weighted by Gasteiger charge is 2.21. The molecule has 30 heavy (non-hydrogen) atoms. The summed E-state index contributed by atoms with van der Waals surface area (Å²) in [5.74, 6) is -0.0307. The molecule has 0 aliphatic carbocycles. The molecule has 0 atom stereocenters. The van der Waals surface area contributed by atoms with E-state index in [2.05, 4.69) is 28.2 Å². The predicted molar refractivity (Wildman–Crippen MR) is 117 cm³/mol. The third-order valence-corrected chi connectivity index (χ3v) is 6.51. The van der Waals surface area contributed by atoms with E-state index in [-0.39, 0.29) is 22.0 Å². The lowest BCUT2D eigenvalue weighted by Gasteiger charge is -2.19. The van der Waals surface area contributed by atoms with E-state index in [1.807, 2.05) is 12.1 Å². The van der Waals surface area contributed by atoms with Gasteiger partial charge in [-0.15, -0.1) is 0 Å². The number of methoxy groups -OCH3 is 1. The monoisotopic (exact) mass is 454 g/mol. The number of nitrogens with one attached hydrogen (secondary N) is 1. The van der Waals surface area contributed by atoms with Crippen molar-refractivity contribution in [2.45, 2.75) is 25.3 Å². The largest absolute Gasteiger partial charge is 0.492 e. The van der Waals surface area contributed by atoms with Crippen LogP contribution < -0.4 is 9.46 Å². The first kappa shape index (κ1) is 24.1. The second-order valence-electron chi connectivity index (χ2n) is 6.44. The summed E-state index contributed by atoms with van der Waals surface area (Å²) in [6.45, 7) is 7.35. The zero-order valence-corrected chi connectivity index (χ0v) is 18.9. The number of hydrogen-bond donors (Lipinski definition) is 1. The lowest BCUT2D eigenvalue weighted by atomic mass is 10.2. The molecule has 2 aromatic carbocycles. The Morgan fingerprint density at radius 1 is 1.13 bits per heavy atom. The van der Waals surface area contributed by atoms with Crippen molar-refractivity contribution < 1.29 is 22.7 Å². The zero-order chi connectivity index (χ0) is 22.1. The zero-order valence-electron chi connectivity index (χ0n) is 17.4. The molecule has 0 bridgehead atoms. The standard InChI is InChI=1S/C21H27ClN2O5S/c1-4-24(5-2)12-13-29-19-9-7-6-8-17(19)15-23-30(26,27)20-14-16(21(25)28-3)10-11-18(20)22/h6-11,14,23H,4-5,12-13,15H2,1-3H3. The van der Waals surface area contributed by atoms with Crippen molar-refractivity contribution >= 4 is 27.6 Å². The van der Waals surface area contributed by atoms with Gasteiger partial charge in [-0.1, -0.05) is 43.6 Å². The summed E-state index contributed by atoms with van der Waals surface area (Å²) in [7, 11) is -2.74. The van der Waals surface area contributed by atoms with Gasteiger partial charge in [0.2, 0.25) is 10.0 Å². The molecule has 9 heteroatoms. The number of para-hydroxylation sites is 1. The second-order valence-corrected chi connectivity index (χ2v) is 8.59. The number of carbonyl (C=O) groups excluding carboxylic acids is 1. The van der Waals surface area contributed by atoms with Gasteiger partial charge in [-0.2, -0.15) is 0 Å². The van der Waals surface area contributed by atoms with E-state index in [1.165, 1.54) is 25.3 Å². The van der Waals surface area contributed by atoms with Crippen LogP contribution in [0, 0.1) is 0 Å². The first-order chi connectivity index (χ1) is 14.3. The molecule has 0 aromatic heterocycles. The van der Waals surface area contributed by atoms with E-state index in [0.29, 0.717) is 17.9 Å². The minimum absolute atomic E-state index is 0.0129. The number of halogens is 1. The van der Waals surface area contributed by atoms with Gasteiger partial charge < -0.3 is 14.4 Å². The summed E-state index contributed by atoms with van der Waals surface area (Å²) in [6.07, 6.45) is 0. The van der Waals surface area contributed by atoms with Gasteiger partial charge in [-0.3, -0.25) is 0 Å². The van der Waals surface area contributed by atoms with E-state index >= 15 is 0 Å². The maximum absolute atomic E-state index is 12.8. The molecule has 164 valence electrons. The number of nitrogens with zero attached hydrogens (tertiary/aromatic N) is 1. The van der Waals surface area contributed by atoms with Gasteiger partial charge >= 0.3 is 5.97 Å². The van der Waals surface area contributed by atoms with Crippen LogP contribution in [0.1, 0.15) is 29.8 Å². The average Bonchev–Trinajstić information content (AvgIpc) is 2.75. The van der Waals surface area contributed by atoms with Crippen molar-refractivity contribution in [2.24, 2.45) is 0 Å². The molecule has 0 amide bonds. The second kappa shape index (κ2) is 11.3. The Morgan fingerprint density at radius 2 is 1.83 bits per heavy atom. The van der Waals surface area contributed by atoms with Gasteiger partial charge in [0.15, 0.2) is 0 Å². The summed E-state index contributed by atoms with van der Waals surface area (Å²) in [5.41, 5.74) is 0.795. The number of likely N-dealkylation sites (N-methyl/N-ethyl adjacent to an activating group) is 1. The molecule has 0 spiro atoms. The fraction of sp³-hybridized carbons (Fsp3) is 0.381. The number of rotatable bonds is 11. The summed E-state index contributed by atoms with van der Waals surface area (Å²) < 4.78 is 38.6. The highest BCUT2D eigenvalue weighted by atomic mass is 35.5. The van der Waals surface area contributed by atoms with Crippen LogP contribution in [0.5, 0.6) is 5.75 Å². The smallest absolute Gasteiger partial charge is 0.337 e. The summed E-state index contributed by atoms with van der Waals surface area (Å²) in [4.78, 5) is 13.8. The number of benzene rings is 2. The van der Waals surface area contributed by atoms with Crippen LogP contribution in [0.4, 0.5) is 0 Å². The van der Waals surface area contributed by atoms with E-state index in [0.717, 1.165) is 19.6 Å². The molecule has 0 radical (unpaired) electrons. The Morgan fingerprint density at radius 3 is 2.50 bits per heavy atom. The van der Waals surface area contributed by atoms with Crippen molar-refractivity contribution in [3.8, 4) is 5.75 Å². The SMILES string of the molecule is CCN(CC)CCOc1ccccc1CNS(=O)(=O)c1cc(C(=O)OC)ccc1Cl. The Bertz CT molecular complexity index is 962. The van der Waals surface area contributed by atoms with Crippen LogP contribution in [-0.4, -0.2) is 52.6 Å². The Hall–Kier alpha value is -2.13. The predicted octanol–water partition coefficient (Wildman–Crippen LogP) is 3.33. The molecule has 0 aliphatic heterocycles. The van der Waals surface area contributed by atoms with E-state index < -0.39 is 16.0 Å². The highest BCUT2D eigenvalue weighted by molar-refractivity contribution is 7.89. The van der Waals surface area contributed by atoms with E-state index in [1.54, 1.807) is 12.1 Å². The first-order valence-electron chi connectivity index (χ1n) is 9.63. The molecule has 0 heterocycles. The quantitative estimate of drug-likeness (QED) is 0.524. The van der Waals surface area contributed by atoms with Gasteiger partial charge in [-0.25, -0.2) is 17.9 Å². The van der Waals surface area contributed by atoms with Crippen LogP contribution in [0.2, 0.25) is 5.02 Å². The molecular weight excluding hydrogens is 428 g/mol. The Kier molecular flexibility index (Phi) is 9.10.